The van der Waals surface area contributed by atoms with Crippen LogP contribution in [0.4, 0.5) is 0 Å². The Labute approximate surface area is 171 Å². The summed E-state index contributed by atoms with van der Waals surface area (Å²) in [5.74, 6) is 6.50. The van der Waals surface area contributed by atoms with Crippen molar-refractivity contribution in [3.05, 3.63) is 104 Å². The number of rotatable bonds is 2. The van der Waals surface area contributed by atoms with E-state index in [1.54, 1.807) is 36.4 Å². The van der Waals surface area contributed by atoms with E-state index in [1.165, 1.54) is 7.11 Å². The molecular formula is C23H15ClN2O3. The van der Waals surface area contributed by atoms with Crippen LogP contribution < -0.4 is 16.0 Å². The Hall–Kier alpha value is -3.75. The number of benzene rings is 3. The topological polar surface area (TPSA) is 64.1 Å². The zero-order chi connectivity index (χ0) is 20.4. The molecule has 0 atom stereocenters. The summed E-state index contributed by atoms with van der Waals surface area (Å²) < 4.78 is 6.24. The van der Waals surface area contributed by atoms with Gasteiger partial charge in [-0.15, -0.1) is 0 Å². The monoisotopic (exact) mass is 402 g/mol. The minimum atomic E-state index is -0.600. The summed E-state index contributed by atoms with van der Waals surface area (Å²) in [7, 11) is 1.48. The molecule has 4 aromatic rings. The zero-order valence-electron chi connectivity index (χ0n) is 15.4. The first-order valence-corrected chi connectivity index (χ1v) is 9.15. The molecule has 0 radical (unpaired) electrons. The number of aromatic amines is 1. The molecule has 0 spiro atoms. The normalized spacial score (nSPS) is 10.4. The van der Waals surface area contributed by atoms with Crippen LogP contribution >= 0.6 is 11.6 Å². The van der Waals surface area contributed by atoms with Gasteiger partial charge in [-0.2, -0.15) is 0 Å². The molecule has 0 aliphatic carbocycles. The van der Waals surface area contributed by atoms with Crippen LogP contribution in [0.5, 0.6) is 5.75 Å². The summed E-state index contributed by atoms with van der Waals surface area (Å²) in [6.45, 7) is 0. The van der Waals surface area contributed by atoms with Gasteiger partial charge < -0.3 is 9.72 Å². The van der Waals surface area contributed by atoms with Gasteiger partial charge in [0.1, 0.15) is 5.75 Å². The summed E-state index contributed by atoms with van der Waals surface area (Å²) in [5.41, 5.74) is 1.11. The fourth-order valence-corrected chi connectivity index (χ4v) is 3.30. The number of nitrogens with one attached hydrogen (secondary N) is 1. The minimum absolute atomic E-state index is 0.250. The Morgan fingerprint density at radius 3 is 2.41 bits per heavy atom. The van der Waals surface area contributed by atoms with Gasteiger partial charge in [-0.3, -0.25) is 4.79 Å². The molecule has 4 rings (SSSR count). The zero-order valence-corrected chi connectivity index (χ0v) is 16.2. The van der Waals surface area contributed by atoms with E-state index in [0.29, 0.717) is 22.2 Å². The van der Waals surface area contributed by atoms with Gasteiger partial charge in [0.05, 0.1) is 28.7 Å². The van der Waals surface area contributed by atoms with Gasteiger partial charge in [-0.25, -0.2) is 9.36 Å². The van der Waals surface area contributed by atoms with Gasteiger partial charge in [0.2, 0.25) is 0 Å². The van der Waals surface area contributed by atoms with Crippen molar-refractivity contribution in [2.45, 2.75) is 0 Å². The highest BCUT2D eigenvalue weighted by atomic mass is 35.5. The number of hydrogen-bond acceptors (Lipinski definition) is 3. The van der Waals surface area contributed by atoms with Crippen LogP contribution in [0.15, 0.2) is 76.3 Å². The lowest BCUT2D eigenvalue weighted by Gasteiger charge is -2.10. The summed E-state index contributed by atoms with van der Waals surface area (Å²) in [6, 6.07) is 19.5. The molecule has 0 bridgehead atoms. The van der Waals surface area contributed by atoms with E-state index >= 15 is 0 Å². The molecule has 0 saturated heterocycles. The van der Waals surface area contributed by atoms with E-state index in [9.17, 15) is 9.59 Å². The largest absolute Gasteiger partial charge is 0.495 e. The van der Waals surface area contributed by atoms with Gasteiger partial charge in [0.15, 0.2) is 0 Å². The molecule has 0 unspecified atom stereocenters. The van der Waals surface area contributed by atoms with E-state index in [1.807, 2.05) is 30.3 Å². The fourth-order valence-electron chi connectivity index (χ4n) is 3.03. The number of ether oxygens (including phenoxy) is 1. The van der Waals surface area contributed by atoms with Crippen molar-refractivity contribution in [3.8, 4) is 23.3 Å². The number of fused-ring (bicyclic) bond motifs is 1. The molecule has 1 aromatic heterocycles. The fraction of sp³-hybridized carbons (Fsp3) is 0.0435. The van der Waals surface area contributed by atoms with Crippen molar-refractivity contribution in [2.24, 2.45) is 0 Å². The maximum Gasteiger partial charge on any atom is 0.333 e. The Balaban J connectivity index is 1.82. The third-order valence-corrected chi connectivity index (χ3v) is 4.73. The van der Waals surface area contributed by atoms with Crippen molar-refractivity contribution in [3.63, 3.8) is 0 Å². The first kappa shape index (κ1) is 18.6. The Morgan fingerprint density at radius 1 is 0.931 bits per heavy atom. The molecule has 6 heteroatoms. The second kappa shape index (κ2) is 7.70. The quantitative estimate of drug-likeness (QED) is 0.519. The number of para-hydroxylation sites is 1. The summed E-state index contributed by atoms with van der Waals surface area (Å²) in [6.07, 6.45) is 0. The minimum Gasteiger partial charge on any atom is -0.495 e. The van der Waals surface area contributed by atoms with Crippen LogP contribution in [0.25, 0.3) is 16.6 Å². The van der Waals surface area contributed by atoms with Crippen molar-refractivity contribution >= 4 is 22.5 Å². The van der Waals surface area contributed by atoms with E-state index in [2.05, 4.69) is 16.8 Å². The predicted molar refractivity (Wildman–Crippen MR) is 114 cm³/mol. The predicted octanol–water partition coefficient (Wildman–Crippen LogP) is 3.74. The standard InChI is InChI=1S/C23H15ClN2O3/c1-29-20-9-5-8-17-21(20)25-23(28)26(22(17)27)19-13-12-16(14-18(19)24)11-10-15-6-3-2-4-7-15/h2-9,12-14H,1H3,(H,25,28). The highest BCUT2D eigenvalue weighted by Gasteiger charge is 2.14. The lowest BCUT2D eigenvalue weighted by atomic mass is 10.1. The van der Waals surface area contributed by atoms with Gasteiger partial charge in [-0.05, 0) is 42.5 Å². The van der Waals surface area contributed by atoms with Crippen molar-refractivity contribution in [1.29, 1.82) is 0 Å². The van der Waals surface area contributed by atoms with Crippen molar-refractivity contribution in [2.75, 3.05) is 7.11 Å². The van der Waals surface area contributed by atoms with E-state index in [0.717, 1.165) is 10.1 Å². The Morgan fingerprint density at radius 2 is 1.69 bits per heavy atom. The molecule has 5 nitrogen and oxygen atoms in total. The van der Waals surface area contributed by atoms with E-state index < -0.39 is 11.2 Å². The Kier molecular flexibility index (Phi) is 4.94. The molecule has 0 aliphatic heterocycles. The second-order valence-corrected chi connectivity index (χ2v) is 6.64. The molecule has 29 heavy (non-hydrogen) atoms. The van der Waals surface area contributed by atoms with Crippen LogP contribution in [0, 0.1) is 11.8 Å². The molecule has 142 valence electrons. The van der Waals surface area contributed by atoms with Crippen LogP contribution in [-0.2, 0) is 0 Å². The molecular weight excluding hydrogens is 388 g/mol. The van der Waals surface area contributed by atoms with Crippen LogP contribution in [0.1, 0.15) is 11.1 Å². The van der Waals surface area contributed by atoms with Gasteiger partial charge in [0, 0.05) is 11.1 Å². The van der Waals surface area contributed by atoms with Gasteiger partial charge in [0.25, 0.3) is 5.56 Å². The molecule has 3 aromatic carbocycles. The Bertz CT molecular complexity index is 1390. The highest BCUT2D eigenvalue weighted by Crippen LogP contribution is 2.22. The van der Waals surface area contributed by atoms with Crippen molar-refractivity contribution < 1.29 is 4.74 Å². The number of H-pyrrole nitrogens is 1. The number of halogens is 1. The second-order valence-electron chi connectivity index (χ2n) is 6.24. The van der Waals surface area contributed by atoms with Crippen LogP contribution in [-0.4, -0.2) is 16.7 Å². The SMILES string of the molecule is COc1cccc2c(=O)n(-c3ccc(C#Cc4ccccc4)cc3Cl)c(=O)[nH]c12. The lowest BCUT2D eigenvalue weighted by molar-refractivity contribution is 0.418. The summed E-state index contributed by atoms with van der Waals surface area (Å²) >= 11 is 6.39. The number of aromatic nitrogens is 2. The van der Waals surface area contributed by atoms with Gasteiger partial charge >= 0.3 is 5.69 Å². The number of nitrogens with zero attached hydrogens (tertiary/aromatic N) is 1. The van der Waals surface area contributed by atoms with E-state index in [4.69, 9.17) is 16.3 Å². The summed E-state index contributed by atoms with van der Waals surface area (Å²) in [5, 5.41) is 0.577. The van der Waals surface area contributed by atoms with Crippen molar-refractivity contribution in [1.82, 2.24) is 9.55 Å². The highest BCUT2D eigenvalue weighted by molar-refractivity contribution is 6.32. The molecule has 0 aliphatic rings. The molecule has 0 fully saturated rings. The molecule has 0 amide bonds. The number of hydrogen-bond donors (Lipinski definition) is 1. The maximum atomic E-state index is 13.0. The molecule has 0 saturated carbocycles. The summed E-state index contributed by atoms with van der Waals surface area (Å²) in [4.78, 5) is 28.3. The van der Waals surface area contributed by atoms with Gasteiger partial charge in [-0.1, -0.05) is 47.7 Å². The average molecular weight is 403 g/mol. The van der Waals surface area contributed by atoms with Crippen LogP contribution in [0.2, 0.25) is 5.02 Å². The lowest BCUT2D eigenvalue weighted by Crippen LogP contribution is -2.33. The van der Waals surface area contributed by atoms with Crippen LogP contribution in [0.3, 0.4) is 0 Å². The smallest absolute Gasteiger partial charge is 0.333 e. The number of methoxy groups -OCH3 is 1. The third kappa shape index (κ3) is 3.54. The first-order valence-electron chi connectivity index (χ1n) is 8.77. The molecule has 1 heterocycles. The third-order valence-electron chi connectivity index (χ3n) is 4.43. The first-order chi connectivity index (χ1) is 14.1. The average Bonchev–Trinajstić information content (AvgIpc) is 2.74. The maximum absolute atomic E-state index is 13.0. The van der Waals surface area contributed by atoms with E-state index in [-0.39, 0.29) is 10.7 Å². The molecule has 1 N–H and O–H groups in total.